The van der Waals surface area contributed by atoms with Crippen LogP contribution in [0, 0.1) is 11.8 Å². The molecule has 0 spiro atoms. The van der Waals surface area contributed by atoms with E-state index in [1.54, 1.807) is 0 Å². The molecule has 0 radical (unpaired) electrons. The SMILES string of the molecule is CC1CCCC1NCC1CCCC1. The first-order chi connectivity index (χ1) is 6.36. The second-order valence-electron chi connectivity index (χ2n) is 5.07. The fourth-order valence-electron chi connectivity index (χ4n) is 2.98. The highest BCUT2D eigenvalue weighted by Crippen LogP contribution is 2.27. The van der Waals surface area contributed by atoms with Crippen LogP contribution in [0.5, 0.6) is 0 Å². The Morgan fingerprint density at radius 3 is 2.38 bits per heavy atom. The van der Waals surface area contributed by atoms with E-state index < -0.39 is 0 Å². The topological polar surface area (TPSA) is 12.0 Å². The van der Waals surface area contributed by atoms with Crippen LogP contribution in [-0.2, 0) is 0 Å². The second kappa shape index (κ2) is 4.45. The van der Waals surface area contributed by atoms with Crippen LogP contribution in [0.25, 0.3) is 0 Å². The Hall–Kier alpha value is -0.0400. The van der Waals surface area contributed by atoms with E-state index in [9.17, 15) is 0 Å². The third-order valence-corrected chi connectivity index (χ3v) is 4.00. The van der Waals surface area contributed by atoms with Crippen LogP contribution in [0.15, 0.2) is 0 Å². The van der Waals surface area contributed by atoms with Crippen molar-refractivity contribution >= 4 is 0 Å². The van der Waals surface area contributed by atoms with Crippen LogP contribution in [0.4, 0.5) is 0 Å². The molecule has 2 atom stereocenters. The van der Waals surface area contributed by atoms with Gasteiger partial charge in [-0.3, -0.25) is 0 Å². The molecule has 1 heteroatoms. The van der Waals surface area contributed by atoms with E-state index in [-0.39, 0.29) is 0 Å². The predicted molar refractivity (Wildman–Crippen MR) is 56.8 cm³/mol. The lowest BCUT2D eigenvalue weighted by Crippen LogP contribution is -2.34. The first-order valence-corrected chi connectivity index (χ1v) is 6.09. The van der Waals surface area contributed by atoms with Gasteiger partial charge in [-0.1, -0.05) is 26.2 Å². The van der Waals surface area contributed by atoms with Crippen LogP contribution in [0.3, 0.4) is 0 Å². The lowest BCUT2D eigenvalue weighted by Gasteiger charge is -2.19. The van der Waals surface area contributed by atoms with Gasteiger partial charge in [-0.2, -0.15) is 0 Å². The summed E-state index contributed by atoms with van der Waals surface area (Å²) >= 11 is 0. The molecule has 0 aromatic carbocycles. The van der Waals surface area contributed by atoms with Crippen molar-refractivity contribution in [3.8, 4) is 0 Å². The minimum absolute atomic E-state index is 0.848. The highest BCUT2D eigenvalue weighted by molar-refractivity contribution is 4.81. The molecule has 0 aromatic rings. The molecule has 1 nitrogen and oxygen atoms in total. The van der Waals surface area contributed by atoms with Gasteiger partial charge in [0.2, 0.25) is 0 Å². The van der Waals surface area contributed by atoms with Crippen molar-refractivity contribution in [1.29, 1.82) is 0 Å². The number of nitrogens with one attached hydrogen (secondary N) is 1. The van der Waals surface area contributed by atoms with Gasteiger partial charge >= 0.3 is 0 Å². The molecule has 1 N–H and O–H groups in total. The Morgan fingerprint density at radius 1 is 1.00 bits per heavy atom. The molecule has 2 aliphatic rings. The quantitative estimate of drug-likeness (QED) is 0.706. The van der Waals surface area contributed by atoms with Gasteiger partial charge in [-0.15, -0.1) is 0 Å². The Kier molecular flexibility index (Phi) is 3.26. The average molecular weight is 181 g/mol. The first-order valence-electron chi connectivity index (χ1n) is 6.09. The maximum absolute atomic E-state index is 3.77. The van der Waals surface area contributed by atoms with E-state index >= 15 is 0 Å². The number of rotatable bonds is 3. The minimum Gasteiger partial charge on any atom is -0.313 e. The van der Waals surface area contributed by atoms with E-state index in [0.29, 0.717) is 0 Å². The summed E-state index contributed by atoms with van der Waals surface area (Å²) in [5, 5.41) is 3.77. The zero-order valence-corrected chi connectivity index (χ0v) is 8.89. The van der Waals surface area contributed by atoms with Gasteiger partial charge in [0.25, 0.3) is 0 Å². The molecule has 0 aromatic heterocycles. The third-order valence-electron chi connectivity index (χ3n) is 4.00. The molecule has 2 unspecified atom stereocenters. The molecular weight excluding hydrogens is 158 g/mol. The number of hydrogen-bond donors (Lipinski definition) is 1. The van der Waals surface area contributed by atoms with E-state index in [0.717, 1.165) is 17.9 Å². The zero-order chi connectivity index (χ0) is 9.10. The predicted octanol–water partition coefficient (Wildman–Crippen LogP) is 2.95. The van der Waals surface area contributed by atoms with Gasteiger partial charge in [-0.05, 0) is 44.1 Å². The van der Waals surface area contributed by atoms with Gasteiger partial charge in [-0.25, -0.2) is 0 Å². The Bertz CT molecular complexity index is 149. The normalized spacial score (nSPS) is 35.8. The molecule has 0 aliphatic heterocycles. The molecule has 0 amide bonds. The van der Waals surface area contributed by atoms with Crippen LogP contribution in [0.2, 0.25) is 0 Å². The van der Waals surface area contributed by atoms with Crippen LogP contribution >= 0.6 is 0 Å². The van der Waals surface area contributed by atoms with Crippen LogP contribution in [0.1, 0.15) is 51.9 Å². The Morgan fingerprint density at radius 2 is 1.77 bits per heavy atom. The van der Waals surface area contributed by atoms with Crippen molar-refractivity contribution in [2.45, 2.75) is 57.9 Å². The maximum Gasteiger partial charge on any atom is 0.00928 e. The maximum atomic E-state index is 3.77. The summed E-state index contributed by atoms with van der Waals surface area (Å²) in [5.74, 6) is 1.94. The van der Waals surface area contributed by atoms with E-state index in [2.05, 4.69) is 12.2 Å². The van der Waals surface area contributed by atoms with Crippen molar-refractivity contribution in [1.82, 2.24) is 5.32 Å². The Balaban J connectivity index is 1.66. The van der Waals surface area contributed by atoms with Gasteiger partial charge in [0.15, 0.2) is 0 Å². The van der Waals surface area contributed by atoms with E-state index in [1.807, 2.05) is 0 Å². The van der Waals surface area contributed by atoms with Gasteiger partial charge in [0.1, 0.15) is 0 Å². The summed E-state index contributed by atoms with van der Waals surface area (Å²) in [4.78, 5) is 0. The van der Waals surface area contributed by atoms with Crippen molar-refractivity contribution in [3.63, 3.8) is 0 Å². The fourth-order valence-corrected chi connectivity index (χ4v) is 2.98. The molecule has 2 aliphatic carbocycles. The minimum atomic E-state index is 0.848. The summed E-state index contributed by atoms with van der Waals surface area (Å²) < 4.78 is 0. The van der Waals surface area contributed by atoms with E-state index in [4.69, 9.17) is 0 Å². The molecule has 2 rings (SSSR count). The molecule has 2 saturated carbocycles. The largest absolute Gasteiger partial charge is 0.313 e. The van der Waals surface area contributed by atoms with Gasteiger partial charge in [0.05, 0.1) is 0 Å². The molecule has 0 saturated heterocycles. The highest BCUT2D eigenvalue weighted by Gasteiger charge is 2.24. The van der Waals surface area contributed by atoms with Crippen molar-refractivity contribution in [2.24, 2.45) is 11.8 Å². The zero-order valence-electron chi connectivity index (χ0n) is 8.89. The molecular formula is C12H23N. The van der Waals surface area contributed by atoms with Crippen molar-refractivity contribution in [3.05, 3.63) is 0 Å². The summed E-state index contributed by atoms with van der Waals surface area (Å²) in [6, 6.07) is 0.848. The smallest absolute Gasteiger partial charge is 0.00928 e. The molecule has 2 fully saturated rings. The Labute approximate surface area is 82.3 Å². The standard InChI is InChI=1S/C12H23N/c1-10-5-4-8-12(10)13-9-11-6-2-3-7-11/h10-13H,2-9H2,1H3. The second-order valence-corrected chi connectivity index (χ2v) is 5.07. The molecule has 0 heterocycles. The summed E-state index contributed by atoms with van der Waals surface area (Å²) in [7, 11) is 0. The summed E-state index contributed by atoms with van der Waals surface area (Å²) in [5.41, 5.74) is 0. The lowest BCUT2D eigenvalue weighted by atomic mass is 10.0. The van der Waals surface area contributed by atoms with Crippen LogP contribution in [-0.4, -0.2) is 12.6 Å². The van der Waals surface area contributed by atoms with Crippen molar-refractivity contribution in [2.75, 3.05) is 6.54 Å². The van der Waals surface area contributed by atoms with E-state index in [1.165, 1.54) is 51.5 Å². The molecule has 0 bridgehead atoms. The lowest BCUT2D eigenvalue weighted by molar-refractivity contribution is 0.383. The van der Waals surface area contributed by atoms with Gasteiger partial charge in [0, 0.05) is 6.04 Å². The fraction of sp³-hybridized carbons (Fsp3) is 1.00. The highest BCUT2D eigenvalue weighted by atomic mass is 14.9. The van der Waals surface area contributed by atoms with Crippen LogP contribution < -0.4 is 5.32 Å². The monoisotopic (exact) mass is 181 g/mol. The van der Waals surface area contributed by atoms with Gasteiger partial charge < -0.3 is 5.32 Å². The third kappa shape index (κ3) is 2.46. The number of hydrogen-bond acceptors (Lipinski definition) is 1. The summed E-state index contributed by atoms with van der Waals surface area (Å²) in [6.07, 6.45) is 10.2. The molecule has 13 heavy (non-hydrogen) atoms. The molecule has 76 valence electrons. The summed E-state index contributed by atoms with van der Waals surface area (Å²) in [6.45, 7) is 3.70. The van der Waals surface area contributed by atoms with Crippen molar-refractivity contribution < 1.29 is 0 Å². The first kappa shape index (κ1) is 9.51. The average Bonchev–Trinajstić information content (AvgIpc) is 2.72.